The van der Waals surface area contributed by atoms with E-state index in [1.165, 1.54) is 40.5 Å². The van der Waals surface area contributed by atoms with Gasteiger partial charge in [-0.25, -0.2) is 0 Å². The van der Waals surface area contributed by atoms with Crippen molar-refractivity contribution in [3.05, 3.63) is 64.2 Å². The molecule has 3 rings (SSSR count). The molecule has 1 unspecified atom stereocenters. The number of hydrogen-bond acceptors (Lipinski definition) is 0. The molecule has 0 saturated heterocycles. The Bertz CT molecular complexity index is 506. The molecular formula is C16H15Br. The van der Waals surface area contributed by atoms with Gasteiger partial charge in [-0.1, -0.05) is 64.5 Å². The van der Waals surface area contributed by atoms with Crippen LogP contribution in [0, 0.1) is 5.92 Å². The van der Waals surface area contributed by atoms with E-state index in [2.05, 4.69) is 64.5 Å². The van der Waals surface area contributed by atoms with Crippen LogP contribution in [-0.2, 0) is 0 Å². The van der Waals surface area contributed by atoms with Gasteiger partial charge in [0.05, 0.1) is 0 Å². The number of rotatable bonds is 1. The molecule has 0 aliphatic heterocycles. The van der Waals surface area contributed by atoms with Crippen molar-refractivity contribution in [3.63, 3.8) is 0 Å². The molecule has 0 bridgehead atoms. The minimum atomic E-state index is 0.724. The van der Waals surface area contributed by atoms with Crippen LogP contribution in [0.5, 0.6) is 0 Å². The normalized spacial score (nSPS) is 23.4. The van der Waals surface area contributed by atoms with Crippen molar-refractivity contribution < 1.29 is 0 Å². The van der Waals surface area contributed by atoms with E-state index < -0.39 is 0 Å². The minimum Gasteiger partial charge on any atom is -0.0760 e. The summed E-state index contributed by atoms with van der Waals surface area (Å²) in [5.41, 5.74) is 4.17. The molecule has 0 aromatic heterocycles. The average Bonchev–Trinajstić information content (AvgIpc) is 2.40. The smallest absolute Gasteiger partial charge is 0.0170 e. The Balaban J connectivity index is 1.98. The fraction of sp³-hybridized carbons (Fsp3) is 0.250. The summed E-state index contributed by atoms with van der Waals surface area (Å²) >= 11 is 3.70. The Labute approximate surface area is 111 Å². The second kappa shape index (κ2) is 4.66. The van der Waals surface area contributed by atoms with E-state index in [0.29, 0.717) is 0 Å². The van der Waals surface area contributed by atoms with Gasteiger partial charge in [-0.15, -0.1) is 0 Å². The molecular weight excluding hydrogens is 272 g/mol. The molecule has 2 aliphatic rings. The Morgan fingerprint density at radius 1 is 1.06 bits per heavy atom. The van der Waals surface area contributed by atoms with Crippen molar-refractivity contribution in [1.82, 2.24) is 0 Å². The van der Waals surface area contributed by atoms with E-state index >= 15 is 0 Å². The largest absolute Gasteiger partial charge is 0.0760 e. The number of benzene rings is 1. The zero-order chi connectivity index (χ0) is 11.7. The van der Waals surface area contributed by atoms with Crippen LogP contribution in [0.1, 0.15) is 24.8 Å². The predicted molar refractivity (Wildman–Crippen MR) is 76.9 cm³/mol. The van der Waals surface area contributed by atoms with Crippen LogP contribution in [0.15, 0.2) is 58.6 Å². The van der Waals surface area contributed by atoms with Gasteiger partial charge < -0.3 is 0 Å². The minimum absolute atomic E-state index is 0.724. The fourth-order valence-electron chi connectivity index (χ4n) is 2.64. The molecule has 17 heavy (non-hydrogen) atoms. The Kier molecular flexibility index (Phi) is 3.02. The first kappa shape index (κ1) is 11.0. The highest BCUT2D eigenvalue weighted by molar-refractivity contribution is 9.12. The maximum Gasteiger partial charge on any atom is 0.0170 e. The van der Waals surface area contributed by atoms with Crippen LogP contribution in [0.25, 0.3) is 5.57 Å². The zero-order valence-corrected chi connectivity index (χ0v) is 11.3. The Hall–Kier alpha value is -1.08. The van der Waals surface area contributed by atoms with E-state index in [-0.39, 0.29) is 0 Å². The van der Waals surface area contributed by atoms with Crippen LogP contribution in [0.4, 0.5) is 0 Å². The molecule has 1 aromatic rings. The van der Waals surface area contributed by atoms with E-state index in [1.54, 1.807) is 0 Å². The molecule has 1 aromatic carbocycles. The average molecular weight is 287 g/mol. The van der Waals surface area contributed by atoms with Crippen molar-refractivity contribution in [2.45, 2.75) is 19.3 Å². The monoisotopic (exact) mass is 286 g/mol. The molecule has 1 heteroatoms. The molecule has 86 valence electrons. The molecule has 0 heterocycles. The highest BCUT2D eigenvalue weighted by atomic mass is 79.9. The third-order valence-corrected chi connectivity index (χ3v) is 4.38. The van der Waals surface area contributed by atoms with Crippen molar-refractivity contribution >= 4 is 21.5 Å². The van der Waals surface area contributed by atoms with Gasteiger partial charge in [0.1, 0.15) is 0 Å². The summed E-state index contributed by atoms with van der Waals surface area (Å²) in [5, 5.41) is 0. The molecule has 0 nitrogen and oxygen atoms in total. The number of hydrogen-bond donors (Lipinski definition) is 0. The number of allylic oxidation sites excluding steroid dienone is 6. The van der Waals surface area contributed by atoms with Gasteiger partial charge in [0.15, 0.2) is 0 Å². The van der Waals surface area contributed by atoms with Gasteiger partial charge in [0, 0.05) is 4.48 Å². The quantitative estimate of drug-likeness (QED) is 0.675. The third-order valence-electron chi connectivity index (χ3n) is 3.59. The van der Waals surface area contributed by atoms with Gasteiger partial charge in [0.25, 0.3) is 0 Å². The molecule has 0 spiro atoms. The van der Waals surface area contributed by atoms with Gasteiger partial charge in [-0.2, -0.15) is 0 Å². The molecule has 0 N–H and O–H groups in total. The summed E-state index contributed by atoms with van der Waals surface area (Å²) in [6.07, 6.45) is 10.7. The van der Waals surface area contributed by atoms with Gasteiger partial charge in [0.2, 0.25) is 0 Å². The van der Waals surface area contributed by atoms with Crippen molar-refractivity contribution in [3.8, 4) is 0 Å². The summed E-state index contributed by atoms with van der Waals surface area (Å²) in [7, 11) is 0. The Morgan fingerprint density at radius 3 is 2.71 bits per heavy atom. The van der Waals surface area contributed by atoms with Crippen molar-refractivity contribution in [2.75, 3.05) is 0 Å². The highest BCUT2D eigenvalue weighted by Gasteiger charge is 2.22. The zero-order valence-electron chi connectivity index (χ0n) is 9.70. The van der Waals surface area contributed by atoms with Gasteiger partial charge in [-0.3, -0.25) is 0 Å². The van der Waals surface area contributed by atoms with Crippen LogP contribution in [-0.4, -0.2) is 0 Å². The summed E-state index contributed by atoms with van der Waals surface area (Å²) < 4.78 is 1.30. The van der Waals surface area contributed by atoms with Crippen molar-refractivity contribution in [1.29, 1.82) is 0 Å². The van der Waals surface area contributed by atoms with Crippen LogP contribution < -0.4 is 0 Å². The first-order valence-electron chi connectivity index (χ1n) is 6.18. The van der Waals surface area contributed by atoms with E-state index in [4.69, 9.17) is 0 Å². The molecule has 0 fully saturated rings. The summed E-state index contributed by atoms with van der Waals surface area (Å²) in [4.78, 5) is 0. The fourth-order valence-corrected chi connectivity index (χ4v) is 3.31. The van der Waals surface area contributed by atoms with E-state index in [9.17, 15) is 0 Å². The lowest BCUT2D eigenvalue weighted by molar-refractivity contribution is 0.565. The lowest BCUT2D eigenvalue weighted by Gasteiger charge is -2.27. The van der Waals surface area contributed by atoms with Gasteiger partial charge in [-0.05, 0) is 41.9 Å². The summed E-state index contributed by atoms with van der Waals surface area (Å²) in [5.74, 6) is 0.724. The second-order valence-electron chi connectivity index (χ2n) is 4.69. The number of fused-ring (bicyclic) bond motifs is 1. The second-order valence-corrected chi connectivity index (χ2v) is 5.54. The van der Waals surface area contributed by atoms with E-state index in [0.717, 1.165) is 5.92 Å². The number of halogens is 1. The molecule has 0 radical (unpaired) electrons. The molecule has 1 atom stereocenters. The molecule has 2 aliphatic carbocycles. The van der Waals surface area contributed by atoms with Gasteiger partial charge >= 0.3 is 0 Å². The van der Waals surface area contributed by atoms with E-state index in [1.807, 2.05) is 0 Å². The SMILES string of the molecule is BrC1=CCCC2CC=C(c3ccccc3)C=C12. The summed E-state index contributed by atoms with van der Waals surface area (Å²) in [6.45, 7) is 0. The van der Waals surface area contributed by atoms with Crippen LogP contribution in [0.3, 0.4) is 0 Å². The molecule has 0 amide bonds. The third kappa shape index (κ3) is 2.16. The predicted octanol–water partition coefficient (Wildman–Crippen LogP) is 5.09. The first-order valence-corrected chi connectivity index (χ1v) is 6.97. The lowest BCUT2D eigenvalue weighted by atomic mass is 9.81. The first-order chi connectivity index (χ1) is 8.34. The molecule has 0 saturated carbocycles. The van der Waals surface area contributed by atoms with Crippen LogP contribution >= 0.6 is 15.9 Å². The Morgan fingerprint density at radius 2 is 1.88 bits per heavy atom. The summed E-state index contributed by atoms with van der Waals surface area (Å²) in [6, 6.07) is 10.6. The standard InChI is InChI=1S/C16H15Br/c17-16-8-4-7-13-9-10-14(11-15(13)16)12-5-2-1-3-6-12/h1-3,5-6,8,10-11,13H,4,7,9H2. The lowest BCUT2D eigenvalue weighted by Crippen LogP contribution is -2.11. The van der Waals surface area contributed by atoms with Crippen LogP contribution in [0.2, 0.25) is 0 Å². The van der Waals surface area contributed by atoms with Crippen molar-refractivity contribution in [2.24, 2.45) is 5.92 Å². The topological polar surface area (TPSA) is 0 Å². The maximum absolute atomic E-state index is 3.70. The maximum atomic E-state index is 3.70. The highest BCUT2D eigenvalue weighted by Crippen LogP contribution is 2.40.